The molecule has 1 saturated heterocycles. The first kappa shape index (κ1) is 20.5. The van der Waals surface area contributed by atoms with E-state index < -0.39 is 17.5 Å². The van der Waals surface area contributed by atoms with Crippen molar-refractivity contribution >= 4 is 23.5 Å². The molecular formula is C19H27N3O5. The fourth-order valence-corrected chi connectivity index (χ4v) is 2.87. The predicted molar refractivity (Wildman–Crippen MR) is 101 cm³/mol. The van der Waals surface area contributed by atoms with Crippen molar-refractivity contribution in [1.29, 1.82) is 0 Å². The van der Waals surface area contributed by atoms with Gasteiger partial charge < -0.3 is 20.1 Å². The molecule has 1 heterocycles. The molecule has 1 fully saturated rings. The van der Waals surface area contributed by atoms with Crippen LogP contribution in [0.4, 0.5) is 10.5 Å². The highest BCUT2D eigenvalue weighted by Gasteiger charge is 2.47. The van der Waals surface area contributed by atoms with Gasteiger partial charge in [0.15, 0.2) is 0 Å². The average Bonchev–Trinajstić information content (AvgIpc) is 2.84. The minimum absolute atomic E-state index is 0.364. The van der Waals surface area contributed by atoms with E-state index >= 15 is 0 Å². The van der Waals surface area contributed by atoms with E-state index in [1.165, 1.54) is 14.2 Å². The Morgan fingerprint density at radius 3 is 2.56 bits per heavy atom. The second-order valence-corrected chi connectivity index (χ2v) is 7.20. The standard InChI is InChI=1S/C19H27N3O5/c1-12(2)8-9-19(3)17(24)22(18(25)21-19)11-16(23)20-14-7-6-13(26-4)10-15(14)27-5/h6-7,10,12H,8-9,11H2,1-5H3,(H,20,23)(H,21,25)/t19-/m1/s1. The quantitative estimate of drug-likeness (QED) is 0.678. The Hall–Kier alpha value is -2.77. The highest BCUT2D eigenvalue weighted by atomic mass is 16.5. The zero-order valence-electron chi connectivity index (χ0n) is 16.4. The van der Waals surface area contributed by atoms with Gasteiger partial charge in [-0.2, -0.15) is 0 Å². The van der Waals surface area contributed by atoms with Gasteiger partial charge in [0.2, 0.25) is 5.91 Å². The summed E-state index contributed by atoms with van der Waals surface area (Å²) in [4.78, 5) is 38.2. The fraction of sp³-hybridized carbons (Fsp3) is 0.526. The molecule has 0 spiro atoms. The van der Waals surface area contributed by atoms with Gasteiger partial charge in [-0.05, 0) is 37.8 Å². The lowest BCUT2D eigenvalue weighted by molar-refractivity contribution is -0.133. The molecule has 0 bridgehead atoms. The Kier molecular flexibility index (Phi) is 6.30. The van der Waals surface area contributed by atoms with Crippen molar-refractivity contribution in [2.24, 2.45) is 5.92 Å². The number of amides is 4. The van der Waals surface area contributed by atoms with Crippen molar-refractivity contribution in [2.75, 3.05) is 26.1 Å². The monoisotopic (exact) mass is 377 g/mol. The molecule has 8 heteroatoms. The van der Waals surface area contributed by atoms with E-state index in [9.17, 15) is 14.4 Å². The molecule has 1 atom stereocenters. The molecule has 1 aromatic rings. The summed E-state index contributed by atoms with van der Waals surface area (Å²) in [5, 5.41) is 5.37. The summed E-state index contributed by atoms with van der Waals surface area (Å²) >= 11 is 0. The number of nitrogens with zero attached hydrogens (tertiary/aromatic N) is 1. The van der Waals surface area contributed by atoms with Crippen LogP contribution in [0.25, 0.3) is 0 Å². The molecule has 1 aromatic carbocycles. The molecule has 4 amide bonds. The van der Waals surface area contributed by atoms with Gasteiger partial charge in [0, 0.05) is 6.07 Å². The fourth-order valence-electron chi connectivity index (χ4n) is 2.87. The maximum absolute atomic E-state index is 12.7. The van der Waals surface area contributed by atoms with E-state index in [4.69, 9.17) is 9.47 Å². The Balaban J connectivity index is 2.05. The molecule has 0 aliphatic carbocycles. The molecule has 2 N–H and O–H groups in total. The Labute approximate surface area is 159 Å². The number of methoxy groups -OCH3 is 2. The number of imide groups is 1. The lowest BCUT2D eigenvalue weighted by atomic mass is 9.92. The SMILES string of the molecule is COc1ccc(NC(=O)CN2C(=O)N[C@](C)(CCC(C)C)C2=O)c(OC)c1. The zero-order chi connectivity index (χ0) is 20.2. The summed E-state index contributed by atoms with van der Waals surface area (Å²) < 4.78 is 10.4. The minimum Gasteiger partial charge on any atom is -0.497 e. The molecule has 0 aromatic heterocycles. The highest BCUT2D eigenvalue weighted by Crippen LogP contribution is 2.29. The summed E-state index contributed by atoms with van der Waals surface area (Å²) in [5.41, 5.74) is -0.544. The lowest BCUT2D eigenvalue weighted by Crippen LogP contribution is -2.44. The van der Waals surface area contributed by atoms with Crippen LogP contribution in [0.3, 0.4) is 0 Å². The van der Waals surface area contributed by atoms with Gasteiger partial charge in [0.25, 0.3) is 5.91 Å². The van der Waals surface area contributed by atoms with Crippen molar-refractivity contribution < 1.29 is 23.9 Å². The van der Waals surface area contributed by atoms with Gasteiger partial charge in [-0.3, -0.25) is 14.5 Å². The van der Waals surface area contributed by atoms with Gasteiger partial charge in [0.05, 0.1) is 19.9 Å². The number of urea groups is 1. The van der Waals surface area contributed by atoms with E-state index in [-0.39, 0.29) is 12.5 Å². The number of ether oxygens (including phenoxy) is 2. The summed E-state index contributed by atoms with van der Waals surface area (Å²) in [7, 11) is 3.00. The smallest absolute Gasteiger partial charge is 0.325 e. The first-order valence-electron chi connectivity index (χ1n) is 8.86. The van der Waals surface area contributed by atoms with Crippen molar-refractivity contribution in [2.45, 2.75) is 39.2 Å². The second kappa shape index (κ2) is 8.28. The maximum atomic E-state index is 12.7. The number of carbonyl (C=O) groups is 3. The molecule has 27 heavy (non-hydrogen) atoms. The third-order valence-corrected chi connectivity index (χ3v) is 4.55. The molecule has 0 radical (unpaired) electrons. The first-order valence-corrected chi connectivity index (χ1v) is 8.86. The second-order valence-electron chi connectivity index (χ2n) is 7.20. The normalized spacial score (nSPS) is 19.3. The minimum atomic E-state index is -0.973. The van der Waals surface area contributed by atoms with Crippen LogP contribution in [-0.4, -0.2) is 49.0 Å². The summed E-state index contributed by atoms with van der Waals surface area (Å²) in [5.74, 6) is 0.535. The number of carbonyl (C=O) groups excluding carboxylic acids is 3. The third-order valence-electron chi connectivity index (χ3n) is 4.55. The van der Waals surface area contributed by atoms with Crippen molar-refractivity contribution in [3.63, 3.8) is 0 Å². The van der Waals surface area contributed by atoms with E-state index in [2.05, 4.69) is 24.5 Å². The number of anilines is 1. The van der Waals surface area contributed by atoms with Gasteiger partial charge >= 0.3 is 6.03 Å². The van der Waals surface area contributed by atoms with Crippen molar-refractivity contribution in [1.82, 2.24) is 10.2 Å². The molecule has 148 valence electrons. The van der Waals surface area contributed by atoms with Crippen molar-refractivity contribution in [3.8, 4) is 11.5 Å². The number of hydrogen-bond donors (Lipinski definition) is 2. The van der Waals surface area contributed by atoms with Crippen molar-refractivity contribution in [3.05, 3.63) is 18.2 Å². The third kappa shape index (κ3) is 4.69. The van der Waals surface area contributed by atoms with Crippen LogP contribution in [0.1, 0.15) is 33.6 Å². The Morgan fingerprint density at radius 2 is 1.96 bits per heavy atom. The first-order chi connectivity index (χ1) is 12.7. The van der Waals surface area contributed by atoms with Gasteiger partial charge in [-0.15, -0.1) is 0 Å². The molecule has 0 saturated carbocycles. The van der Waals surface area contributed by atoms with Crippen LogP contribution in [0, 0.1) is 5.92 Å². The van der Waals surface area contributed by atoms with Crippen LogP contribution in [0.2, 0.25) is 0 Å². The Morgan fingerprint density at radius 1 is 1.26 bits per heavy atom. The topological polar surface area (TPSA) is 97.0 Å². The largest absolute Gasteiger partial charge is 0.497 e. The van der Waals surface area contributed by atoms with Crippen LogP contribution >= 0.6 is 0 Å². The molecule has 8 nitrogen and oxygen atoms in total. The molecule has 2 rings (SSSR count). The Bertz CT molecular complexity index is 734. The van der Waals surface area contributed by atoms with Crippen LogP contribution in [0.5, 0.6) is 11.5 Å². The van der Waals surface area contributed by atoms with Gasteiger partial charge in [-0.1, -0.05) is 13.8 Å². The summed E-state index contributed by atoms with van der Waals surface area (Å²) in [6.07, 6.45) is 1.32. The highest BCUT2D eigenvalue weighted by molar-refractivity contribution is 6.10. The number of hydrogen-bond acceptors (Lipinski definition) is 5. The number of benzene rings is 1. The summed E-state index contributed by atoms with van der Waals surface area (Å²) in [6, 6.07) is 4.39. The molecule has 0 unspecified atom stereocenters. The van der Waals surface area contributed by atoms with E-state index in [0.717, 1.165) is 11.3 Å². The number of nitrogens with one attached hydrogen (secondary N) is 2. The van der Waals surface area contributed by atoms with Gasteiger partial charge in [0.1, 0.15) is 23.6 Å². The zero-order valence-corrected chi connectivity index (χ0v) is 16.4. The van der Waals surface area contributed by atoms with Crippen LogP contribution in [0.15, 0.2) is 18.2 Å². The van der Waals surface area contributed by atoms with E-state index in [1.807, 2.05) is 0 Å². The molecular weight excluding hydrogens is 350 g/mol. The predicted octanol–water partition coefficient (Wildman–Crippen LogP) is 2.39. The molecule has 1 aliphatic rings. The molecule has 1 aliphatic heterocycles. The van der Waals surface area contributed by atoms with Crippen LogP contribution < -0.4 is 20.1 Å². The van der Waals surface area contributed by atoms with E-state index in [1.54, 1.807) is 25.1 Å². The van der Waals surface area contributed by atoms with Crippen LogP contribution in [-0.2, 0) is 9.59 Å². The lowest BCUT2D eigenvalue weighted by Gasteiger charge is -2.22. The maximum Gasteiger partial charge on any atom is 0.325 e. The summed E-state index contributed by atoms with van der Waals surface area (Å²) in [6.45, 7) is 5.44. The van der Waals surface area contributed by atoms with E-state index in [0.29, 0.717) is 29.5 Å². The van der Waals surface area contributed by atoms with Gasteiger partial charge in [-0.25, -0.2) is 4.79 Å². The average molecular weight is 377 g/mol. The number of rotatable bonds is 8.